The predicted molar refractivity (Wildman–Crippen MR) is 70.0 cm³/mol. The van der Waals surface area contributed by atoms with Gasteiger partial charge in [0.2, 0.25) is 5.91 Å². The summed E-state index contributed by atoms with van der Waals surface area (Å²) < 4.78 is 1.93. The van der Waals surface area contributed by atoms with Crippen molar-refractivity contribution < 1.29 is 4.79 Å². The fourth-order valence-electron chi connectivity index (χ4n) is 2.54. The van der Waals surface area contributed by atoms with E-state index in [0.29, 0.717) is 13.0 Å². The van der Waals surface area contributed by atoms with Crippen molar-refractivity contribution in [2.24, 2.45) is 11.7 Å². The molecule has 0 radical (unpaired) electrons. The molecule has 0 spiro atoms. The Morgan fingerprint density at radius 2 is 2.22 bits per heavy atom. The van der Waals surface area contributed by atoms with E-state index in [9.17, 15) is 4.79 Å². The Labute approximate surface area is 108 Å². The van der Waals surface area contributed by atoms with E-state index in [-0.39, 0.29) is 11.8 Å². The van der Waals surface area contributed by atoms with Crippen molar-refractivity contribution >= 4 is 5.91 Å². The molecule has 5 nitrogen and oxygen atoms in total. The van der Waals surface area contributed by atoms with Crippen LogP contribution in [0.5, 0.6) is 0 Å². The molecule has 0 aromatic carbocycles. The van der Waals surface area contributed by atoms with E-state index in [4.69, 9.17) is 5.73 Å². The van der Waals surface area contributed by atoms with Crippen LogP contribution in [0.3, 0.4) is 0 Å². The lowest BCUT2D eigenvalue weighted by molar-refractivity contribution is -0.134. The number of nitrogens with two attached hydrogens (primary N) is 1. The third-order valence-electron chi connectivity index (χ3n) is 3.61. The lowest BCUT2D eigenvalue weighted by atomic mass is 10.0. The molecule has 1 amide bonds. The van der Waals surface area contributed by atoms with Crippen molar-refractivity contribution in [3.05, 3.63) is 18.0 Å². The van der Waals surface area contributed by atoms with Gasteiger partial charge in [0, 0.05) is 44.5 Å². The molecule has 1 aromatic heterocycles. The number of carbonyl (C=O) groups is 1. The van der Waals surface area contributed by atoms with Crippen LogP contribution in [0, 0.1) is 5.92 Å². The summed E-state index contributed by atoms with van der Waals surface area (Å²) in [4.78, 5) is 14.3. The monoisotopic (exact) mass is 250 g/mol. The number of aryl methyl sites for hydroxylation is 1. The summed E-state index contributed by atoms with van der Waals surface area (Å²) in [6.07, 6.45) is 4.72. The molecule has 1 saturated heterocycles. The lowest BCUT2D eigenvalue weighted by Crippen LogP contribution is -2.38. The Kier molecular flexibility index (Phi) is 4.36. The van der Waals surface area contributed by atoms with Gasteiger partial charge in [0.25, 0.3) is 0 Å². The van der Waals surface area contributed by atoms with Gasteiger partial charge in [0.1, 0.15) is 0 Å². The van der Waals surface area contributed by atoms with Crippen molar-refractivity contribution in [2.45, 2.75) is 32.7 Å². The molecule has 2 heterocycles. The van der Waals surface area contributed by atoms with Gasteiger partial charge in [-0.15, -0.1) is 0 Å². The highest BCUT2D eigenvalue weighted by molar-refractivity contribution is 5.79. The first kappa shape index (κ1) is 13.1. The third kappa shape index (κ3) is 2.72. The van der Waals surface area contributed by atoms with Gasteiger partial charge >= 0.3 is 0 Å². The number of aromatic nitrogens is 2. The fourth-order valence-corrected chi connectivity index (χ4v) is 2.54. The zero-order valence-corrected chi connectivity index (χ0v) is 11.0. The second kappa shape index (κ2) is 6.00. The van der Waals surface area contributed by atoms with Crippen LogP contribution in [0.15, 0.2) is 12.3 Å². The molecule has 1 unspecified atom stereocenters. The van der Waals surface area contributed by atoms with Gasteiger partial charge in [-0.25, -0.2) is 0 Å². The number of amides is 1. The molecular formula is C13H22N4O. The summed E-state index contributed by atoms with van der Waals surface area (Å²) >= 11 is 0. The van der Waals surface area contributed by atoms with Crippen LogP contribution in [0.25, 0.3) is 0 Å². The SMILES string of the molecule is CCn1nccc1CC(CN)C(=O)N1CCCC1. The molecular weight excluding hydrogens is 228 g/mol. The number of hydrogen-bond acceptors (Lipinski definition) is 3. The van der Waals surface area contributed by atoms with Crippen LogP contribution < -0.4 is 5.73 Å². The number of likely N-dealkylation sites (tertiary alicyclic amines) is 1. The molecule has 100 valence electrons. The summed E-state index contributed by atoms with van der Waals surface area (Å²) in [5, 5.41) is 4.23. The topological polar surface area (TPSA) is 64.2 Å². The minimum atomic E-state index is -0.106. The minimum absolute atomic E-state index is 0.106. The number of nitrogens with zero attached hydrogens (tertiary/aromatic N) is 3. The van der Waals surface area contributed by atoms with E-state index in [1.807, 2.05) is 15.6 Å². The molecule has 1 fully saturated rings. The molecule has 0 aliphatic carbocycles. The standard InChI is InChI=1S/C13H22N4O/c1-2-17-12(5-6-15-17)9-11(10-14)13(18)16-7-3-4-8-16/h5-6,11H,2-4,7-10,14H2,1H3. The summed E-state index contributed by atoms with van der Waals surface area (Å²) in [5.74, 6) is 0.101. The quantitative estimate of drug-likeness (QED) is 0.834. The second-order valence-electron chi connectivity index (χ2n) is 4.81. The van der Waals surface area contributed by atoms with Crippen molar-refractivity contribution in [2.75, 3.05) is 19.6 Å². The summed E-state index contributed by atoms with van der Waals surface area (Å²) in [6, 6.07) is 1.98. The van der Waals surface area contributed by atoms with E-state index in [1.54, 1.807) is 6.20 Å². The third-order valence-corrected chi connectivity index (χ3v) is 3.61. The Bertz CT molecular complexity index is 395. The van der Waals surface area contributed by atoms with Gasteiger partial charge in [-0.05, 0) is 25.8 Å². The first-order valence-electron chi connectivity index (χ1n) is 6.75. The lowest BCUT2D eigenvalue weighted by Gasteiger charge is -2.22. The number of carbonyl (C=O) groups excluding carboxylic acids is 1. The van der Waals surface area contributed by atoms with Gasteiger partial charge in [-0.3, -0.25) is 9.48 Å². The molecule has 5 heteroatoms. The fraction of sp³-hybridized carbons (Fsp3) is 0.692. The van der Waals surface area contributed by atoms with Gasteiger partial charge < -0.3 is 10.6 Å². The van der Waals surface area contributed by atoms with E-state index < -0.39 is 0 Å². The van der Waals surface area contributed by atoms with Crippen LogP contribution in [0.2, 0.25) is 0 Å². The normalized spacial score (nSPS) is 17.1. The van der Waals surface area contributed by atoms with Gasteiger partial charge in [-0.1, -0.05) is 0 Å². The second-order valence-corrected chi connectivity index (χ2v) is 4.81. The first-order valence-corrected chi connectivity index (χ1v) is 6.75. The maximum absolute atomic E-state index is 12.3. The highest BCUT2D eigenvalue weighted by atomic mass is 16.2. The Hall–Kier alpha value is -1.36. The molecule has 0 bridgehead atoms. The average Bonchev–Trinajstić information content (AvgIpc) is 3.05. The maximum Gasteiger partial charge on any atom is 0.227 e. The largest absolute Gasteiger partial charge is 0.342 e. The summed E-state index contributed by atoms with van der Waals surface area (Å²) in [5.41, 5.74) is 6.87. The first-order chi connectivity index (χ1) is 8.76. The Morgan fingerprint density at radius 3 is 2.83 bits per heavy atom. The van der Waals surface area contributed by atoms with Crippen molar-refractivity contribution in [1.82, 2.24) is 14.7 Å². The maximum atomic E-state index is 12.3. The van der Waals surface area contributed by atoms with Crippen LogP contribution in [-0.2, 0) is 17.8 Å². The van der Waals surface area contributed by atoms with E-state index in [0.717, 1.165) is 38.2 Å². The van der Waals surface area contributed by atoms with E-state index in [1.165, 1.54) is 0 Å². The van der Waals surface area contributed by atoms with Crippen molar-refractivity contribution in [3.63, 3.8) is 0 Å². The van der Waals surface area contributed by atoms with Crippen LogP contribution >= 0.6 is 0 Å². The Balaban J connectivity index is 2.02. The molecule has 1 aliphatic rings. The van der Waals surface area contributed by atoms with Crippen molar-refractivity contribution in [1.29, 1.82) is 0 Å². The molecule has 1 atom stereocenters. The highest BCUT2D eigenvalue weighted by Gasteiger charge is 2.26. The van der Waals surface area contributed by atoms with Gasteiger partial charge in [-0.2, -0.15) is 5.10 Å². The molecule has 1 aliphatic heterocycles. The van der Waals surface area contributed by atoms with E-state index >= 15 is 0 Å². The van der Waals surface area contributed by atoms with Gasteiger partial charge in [0.15, 0.2) is 0 Å². The molecule has 1 aromatic rings. The Morgan fingerprint density at radius 1 is 1.50 bits per heavy atom. The zero-order valence-electron chi connectivity index (χ0n) is 11.0. The van der Waals surface area contributed by atoms with E-state index in [2.05, 4.69) is 12.0 Å². The van der Waals surface area contributed by atoms with Gasteiger partial charge in [0.05, 0.1) is 5.92 Å². The number of hydrogen-bond donors (Lipinski definition) is 1. The molecule has 0 saturated carbocycles. The van der Waals surface area contributed by atoms with Crippen molar-refractivity contribution in [3.8, 4) is 0 Å². The smallest absolute Gasteiger partial charge is 0.227 e. The summed E-state index contributed by atoms with van der Waals surface area (Å²) in [6.45, 7) is 5.07. The van der Waals surface area contributed by atoms with Crippen LogP contribution in [0.1, 0.15) is 25.5 Å². The van der Waals surface area contributed by atoms with Crippen LogP contribution in [-0.4, -0.2) is 40.2 Å². The molecule has 2 N–H and O–H groups in total. The predicted octanol–water partition coefficient (Wildman–Crippen LogP) is 0.643. The number of rotatable bonds is 5. The molecule has 18 heavy (non-hydrogen) atoms. The minimum Gasteiger partial charge on any atom is -0.342 e. The molecule has 2 rings (SSSR count). The zero-order chi connectivity index (χ0) is 13.0. The van der Waals surface area contributed by atoms with Crippen LogP contribution in [0.4, 0.5) is 0 Å². The summed E-state index contributed by atoms with van der Waals surface area (Å²) in [7, 11) is 0. The highest BCUT2D eigenvalue weighted by Crippen LogP contribution is 2.15. The average molecular weight is 250 g/mol.